The van der Waals surface area contributed by atoms with Gasteiger partial charge in [-0.15, -0.1) is 0 Å². The van der Waals surface area contributed by atoms with Gasteiger partial charge in [0.25, 0.3) is 0 Å². The Bertz CT molecular complexity index is 758. The van der Waals surface area contributed by atoms with Crippen LogP contribution in [0.15, 0.2) is 22.2 Å². The van der Waals surface area contributed by atoms with E-state index in [9.17, 15) is 14.7 Å². The van der Waals surface area contributed by atoms with Crippen LogP contribution >= 0.6 is 0 Å². The normalized spacial score (nSPS) is 28.6. The van der Waals surface area contributed by atoms with Gasteiger partial charge in [-0.1, -0.05) is 25.9 Å². The number of aliphatic hydroxyl groups excluding tert-OH is 1. The average Bonchev–Trinajstić information content (AvgIpc) is 2.78. The SMILES string of the molecule is CC(C)C(=O)OCC1(N=[N+]=[N-])OC(n2ccc(N)nc2=O)[C@@H](C)[C@@H]1O. The molecule has 25 heavy (non-hydrogen) atoms. The minimum atomic E-state index is -1.84. The number of ether oxygens (including phenoxy) is 2. The van der Waals surface area contributed by atoms with Crippen molar-refractivity contribution in [2.24, 2.45) is 17.0 Å². The van der Waals surface area contributed by atoms with E-state index in [1.807, 2.05) is 0 Å². The third-order valence-corrected chi connectivity index (χ3v) is 3.97. The third-order valence-electron chi connectivity index (χ3n) is 3.97. The molecule has 1 saturated heterocycles. The van der Waals surface area contributed by atoms with E-state index in [0.29, 0.717) is 0 Å². The van der Waals surface area contributed by atoms with E-state index in [-0.39, 0.29) is 5.82 Å². The minimum Gasteiger partial charge on any atom is -0.462 e. The number of carbonyl (C=O) groups excluding carboxylic acids is 1. The molecule has 0 amide bonds. The molecule has 0 spiro atoms. The van der Waals surface area contributed by atoms with E-state index in [1.54, 1.807) is 20.8 Å². The highest BCUT2D eigenvalue weighted by Gasteiger charge is 2.54. The summed E-state index contributed by atoms with van der Waals surface area (Å²) in [7, 11) is 0. The second-order valence-corrected chi connectivity index (χ2v) is 6.15. The summed E-state index contributed by atoms with van der Waals surface area (Å²) in [5, 5.41) is 14.0. The number of nitrogens with two attached hydrogens (primary N) is 1. The van der Waals surface area contributed by atoms with E-state index in [2.05, 4.69) is 15.0 Å². The molecule has 0 radical (unpaired) electrons. The van der Waals surface area contributed by atoms with Crippen molar-refractivity contribution < 1.29 is 19.4 Å². The first kappa shape index (κ1) is 18.7. The molecular weight excluding hydrogens is 332 g/mol. The van der Waals surface area contributed by atoms with Crippen LogP contribution in [0.5, 0.6) is 0 Å². The van der Waals surface area contributed by atoms with Crippen LogP contribution in [0.4, 0.5) is 5.82 Å². The number of esters is 1. The fraction of sp³-hybridized carbons (Fsp3) is 0.643. The van der Waals surface area contributed by atoms with Gasteiger partial charge in [0.05, 0.1) is 12.0 Å². The van der Waals surface area contributed by atoms with Crippen molar-refractivity contribution in [2.75, 3.05) is 12.3 Å². The van der Waals surface area contributed by atoms with Gasteiger partial charge in [0, 0.05) is 17.0 Å². The highest BCUT2D eigenvalue weighted by molar-refractivity contribution is 5.71. The summed E-state index contributed by atoms with van der Waals surface area (Å²) >= 11 is 0. The topological polar surface area (TPSA) is 165 Å². The summed E-state index contributed by atoms with van der Waals surface area (Å²) in [6.45, 7) is 4.41. The minimum absolute atomic E-state index is 0.0413. The Kier molecular flexibility index (Phi) is 5.31. The molecule has 2 unspecified atom stereocenters. The van der Waals surface area contributed by atoms with E-state index >= 15 is 0 Å². The van der Waals surface area contributed by atoms with E-state index in [1.165, 1.54) is 12.3 Å². The number of aromatic nitrogens is 2. The number of nitrogens with zero attached hydrogens (tertiary/aromatic N) is 5. The van der Waals surface area contributed by atoms with Crippen LogP contribution in [-0.4, -0.2) is 39.1 Å². The maximum absolute atomic E-state index is 12.0. The van der Waals surface area contributed by atoms with Crippen LogP contribution in [0, 0.1) is 11.8 Å². The third kappa shape index (κ3) is 3.58. The van der Waals surface area contributed by atoms with Crippen LogP contribution in [0.2, 0.25) is 0 Å². The number of azide groups is 1. The van der Waals surface area contributed by atoms with E-state index < -0.39 is 48.2 Å². The van der Waals surface area contributed by atoms with Gasteiger partial charge in [-0.3, -0.25) is 9.36 Å². The highest BCUT2D eigenvalue weighted by atomic mass is 16.6. The summed E-state index contributed by atoms with van der Waals surface area (Å²) in [5.41, 5.74) is 11.8. The number of anilines is 1. The molecule has 136 valence electrons. The second kappa shape index (κ2) is 7.09. The Balaban J connectivity index is 2.34. The maximum atomic E-state index is 12.0. The number of carbonyl (C=O) groups is 1. The van der Waals surface area contributed by atoms with Gasteiger partial charge >= 0.3 is 11.7 Å². The zero-order chi connectivity index (χ0) is 18.8. The molecule has 4 atom stereocenters. The molecule has 0 bridgehead atoms. The molecule has 1 aliphatic rings. The lowest BCUT2D eigenvalue weighted by Gasteiger charge is -2.26. The molecule has 1 fully saturated rings. The smallest absolute Gasteiger partial charge is 0.351 e. The van der Waals surface area contributed by atoms with Gasteiger partial charge in [0.1, 0.15) is 18.7 Å². The number of hydrogen-bond donors (Lipinski definition) is 2. The standard InChI is InChI=1S/C14H20N6O5/c1-7(2)12(22)24-6-14(18-19-16)10(21)8(3)11(25-14)20-5-4-9(15)17-13(20)23/h4-5,7-8,10-11,21H,6H2,1-3H3,(H2,15,17,23)/t8-,10-,11?,14?/m0/s1. The lowest BCUT2D eigenvalue weighted by Crippen LogP contribution is -2.44. The molecule has 2 heterocycles. The molecule has 1 aliphatic heterocycles. The highest BCUT2D eigenvalue weighted by Crippen LogP contribution is 2.42. The predicted octanol–water partition coefficient (Wildman–Crippen LogP) is 0.557. The zero-order valence-electron chi connectivity index (χ0n) is 14.1. The first-order valence-electron chi connectivity index (χ1n) is 7.65. The molecule has 11 heteroatoms. The molecule has 11 nitrogen and oxygen atoms in total. The quantitative estimate of drug-likeness (QED) is 0.338. The molecule has 1 aromatic heterocycles. The average molecular weight is 352 g/mol. The summed E-state index contributed by atoms with van der Waals surface area (Å²) < 4.78 is 11.9. The lowest BCUT2D eigenvalue weighted by atomic mass is 9.98. The largest absolute Gasteiger partial charge is 0.462 e. The summed E-state index contributed by atoms with van der Waals surface area (Å²) in [4.78, 5) is 30.0. The van der Waals surface area contributed by atoms with Crippen LogP contribution in [0.3, 0.4) is 0 Å². The molecule has 2 rings (SSSR count). The molecule has 0 aliphatic carbocycles. The fourth-order valence-corrected chi connectivity index (χ4v) is 2.53. The number of aliphatic hydroxyl groups is 1. The number of hydrogen-bond acceptors (Lipinski definition) is 8. The summed E-state index contributed by atoms with van der Waals surface area (Å²) in [6.07, 6.45) is -0.915. The van der Waals surface area contributed by atoms with Crippen LogP contribution in [0.1, 0.15) is 27.0 Å². The van der Waals surface area contributed by atoms with Gasteiger partial charge in [-0.2, -0.15) is 4.98 Å². The molecule has 3 N–H and O–H groups in total. The van der Waals surface area contributed by atoms with Gasteiger partial charge in [0.15, 0.2) is 0 Å². The van der Waals surface area contributed by atoms with Gasteiger partial charge in [0.2, 0.25) is 5.72 Å². The van der Waals surface area contributed by atoms with Crippen molar-refractivity contribution in [2.45, 2.75) is 38.8 Å². The zero-order valence-corrected chi connectivity index (χ0v) is 14.1. The Hall–Kier alpha value is -2.62. The number of rotatable bonds is 5. The molecule has 0 saturated carbocycles. The van der Waals surface area contributed by atoms with Crippen LogP contribution in [0.25, 0.3) is 10.4 Å². The van der Waals surface area contributed by atoms with Crippen molar-refractivity contribution in [1.29, 1.82) is 0 Å². The Morgan fingerprint density at radius 3 is 2.92 bits per heavy atom. The fourth-order valence-electron chi connectivity index (χ4n) is 2.53. The van der Waals surface area contributed by atoms with Crippen LogP contribution in [-0.2, 0) is 14.3 Å². The van der Waals surface area contributed by atoms with Crippen molar-refractivity contribution in [3.05, 3.63) is 33.2 Å². The summed E-state index contributed by atoms with van der Waals surface area (Å²) in [5.74, 6) is -1.55. The van der Waals surface area contributed by atoms with Crippen molar-refractivity contribution in [3.8, 4) is 0 Å². The molecule has 0 aromatic carbocycles. The van der Waals surface area contributed by atoms with Gasteiger partial charge in [-0.05, 0) is 11.6 Å². The second-order valence-electron chi connectivity index (χ2n) is 6.15. The Labute approximate surface area is 143 Å². The first-order valence-corrected chi connectivity index (χ1v) is 7.65. The van der Waals surface area contributed by atoms with Gasteiger partial charge in [-0.25, -0.2) is 4.79 Å². The number of nitrogen functional groups attached to an aromatic ring is 1. The van der Waals surface area contributed by atoms with Gasteiger partial charge < -0.3 is 20.3 Å². The first-order chi connectivity index (χ1) is 11.7. The van der Waals surface area contributed by atoms with Crippen molar-refractivity contribution in [3.63, 3.8) is 0 Å². The summed E-state index contributed by atoms with van der Waals surface area (Å²) in [6, 6.07) is 1.40. The Morgan fingerprint density at radius 2 is 2.36 bits per heavy atom. The van der Waals surface area contributed by atoms with Crippen molar-refractivity contribution in [1.82, 2.24) is 9.55 Å². The monoisotopic (exact) mass is 352 g/mol. The molecule has 1 aromatic rings. The van der Waals surface area contributed by atoms with E-state index in [0.717, 1.165) is 4.57 Å². The Morgan fingerprint density at radius 1 is 1.68 bits per heavy atom. The predicted molar refractivity (Wildman–Crippen MR) is 85.9 cm³/mol. The maximum Gasteiger partial charge on any atom is 0.351 e. The van der Waals surface area contributed by atoms with Crippen molar-refractivity contribution >= 4 is 11.8 Å². The van der Waals surface area contributed by atoms with Crippen LogP contribution < -0.4 is 11.4 Å². The van der Waals surface area contributed by atoms with E-state index in [4.69, 9.17) is 20.7 Å². The lowest BCUT2D eigenvalue weighted by molar-refractivity contribution is -0.168. The molecular formula is C14H20N6O5.